The van der Waals surface area contributed by atoms with Crippen LogP contribution >= 0.6 is 24.0 Å². The molecule has 0 amide bonds. The highest BCUT2D eigenvalue weighted by Gasteiger charge is 2.01. The molecule has 3 N–H and O–H groups in total. The summed E-state index contributed by atoms with van der Waals surface area (Å²) < 4.78 is 21.8. The SMILES string of the molecule is Cc1ccc(NC(N)=NCCS(C)(=O)=O)cc1C.I. The highest BCUT2D eigenvalue weighted by atomic mass is 127. The van der Waals surface area contributed by atoms with E-state index in [2.05, 4.69) is 10.3 Å². The van der Waals surface area contributed by atoms with Crippen molar-refractivity contribution in [1.82, 2.24) is 0 Å². The van der Waals surface area contributed by atoms with Crippen molar-refractivity contribution in [3.05, 3.63) is 29.3 Å². The van der Waals surface area contributed by atoms with Gasteiger partial charge in [-0.3, -0.25) is 4.99 Å². The third kappa shape index (κ3) is 7.36. The predicted octanol–water partition coefficient (Wildman–Crippen LogP) is 1.69. The number of nitrogens with zero attached hydrogens (tertiary/aromatic N) is 1. The lowest BCUT2D eigenvalue weighted by Gasteiger charge is -2.07. The molecular weight excluding hydrogens is 377 g/mol. The Labute approximate surface area is 131 Å². The molecule has 0 unspecified atom stereocenters. The van der Waals surface area contributed by atoms with Crippen LogP contribution in [0.25, 0.3) is 0 Å². The molecule has 5 nitrogen and oxygen atoms in total. The molecule has 0 aliphatic heterocycles. The first-order chi connectivity index (χ1) is 8.28. The summed E-state index contributed by atoms with van der Waals surface area (Å²) in [6.45, 7) is 4.21. The summed E-state index contributed by atoms with van der Waals surface area (Å²) in [5.74, 6) is 0.226. The number of nitrogens with two attached hydrogens (primary N) is 1. The Morgan fingerprint density at radius 1 is 1.32 bits per heavy atom. The first-order valence-electron chi connectivity index (χ1n) is 5.60. The minimum absolute atomic E-state index is 0. The molecular formula is C12H20IN3O2S. The number of aliphatic imine (C=N–C) groups is 1. The number of benzene rings is 1. The number of nitrogens with one attached hydrogen (secondary N) is 1. The van der Waals surface area contributed by atoms with Crippen molar-refractivity contribution in [2.45, 2.75) is 13.8 Å². The van der Waals surface area contributed by atoms with Crippen molar-refractivity contribution in [3.8, 4) is 0 Å². The molecule has 1 aromatic rings. The van der Waals surface area contributed by atoms with Gasteiger partial charge in [-0.15, -0.1) is 24.0 Å². The lowest BCUT2D eigenvalue weighted by molar-refractivity contribution is 0.601. The molecule has 0 spiro atoms. The van der Waals surface area contributed by atoms with E-state index in [1.54, 1.807) is 0 Å². The number of hydrogen-bond donors (Lipinski definition) is 2. The lowest BCUT2D eigenvalue weighted by atomic mass is 10.1. The Hall–Kier alpha value is -0.830. The molecule has 0 atom stereocenters. The fourth-order valence-corrected chi connectivity index (χ4v) is 1.76. The van der Waals surface area contributed by atoms with Crippen LogP contribution in [0.15, 0.2) is 23.2 Å². The van der Waals surface area contributed by atoms with E-state index in [9.17, 15) is 8.42 Å². The summed E-state index contributed by atoms with van der Waals surface area (Å²) in [5.41, 5.74) is 8.87. The van der Waals surface area contributed by atoms with Crippen LogP contribution in [-0.2, 0) is 9.84 Å². The average molecular weight is 397 g/mol. The largest absolute Gasteiger partial charge is 0.370 e. The van der Waals surface area contributed by atoms with Crippen LogP contribution in [0.2, 0.25) is 0 Å². The maximum Gasteiger partial charge on any atom is 0.193 e. The topological polar surface area (TPSA) is 84.5 Å². The number of anilines is 1. The zero-order valence-corrected chi connectivity index (χ0v) is 14.5. The number of hydrogen-bond acceptors (Lipinski definition) is 3. The number of sulfone groups is 1. The van der Waals surface area contributed by atoms with Crippen LogP contribution in [0.3, 0.4) is 0 Å². The molecule has 108 valence electrons. The maximum absolute atomic E-state index is 10.9. The van der Waals surface area contributed by atoms with E-state index in [1.807, 2.05) is 32.0 Å². The lowest BCUT2D eigenvalue weighted by Crippen LogP contribution is -2.23. The molecule has 0 heterocycles. The van der Waals surface area contributed by atoms with Gasteiger partial charge in [0.05, 0.1) is 12.3 Å². The predicted molar refractivity (Wildman–Crippen MR) is 91.2 cm³/mol. The maximum atomic E-state index is 10.9. The molecule has 19 heavy (non-hydrogen) atoms. The van der Waals surface area contributed by atoms with Gasteiger partial charge in [-0.2, -0.15) is 0 Å². The average Bonchev–Trinajstić information content (AvgIpc) is 2.21. The standard InChI is InChI=1S/C12H19N3O2S.HI/c1-9-4-5-11(8-10(9)2)15-12(13)14-6-7-18(3,16)17;/h4-5,8H,6-7H2,1-3H3,(H3,13,14,15);1H. The first kappa shape index (κ1) is 18.2. The van der Waals surface area contributed by atoms with E-state index in [1.165, 1.54) is 11.8 Å². The summed E-state index contributed by atoms with van der Waals surface area (Å²) >= 11 is 0. The molecule has 0 radical (unpaired) electrons. The normalized spacial score (nSPS) is 11.8. The van der Waals surface area contributed by atoms with Gasteiger partial charge >= 0.3 is 0 Å². The van der Waals surface area contributed by atoms with E-state index in [0.717, 1.165) is 11.3 Å². The fourth-order valence-electron chi connectivity index (χ4n) is 1.34. The fraction of sp³-hybridized carbons (Fsp3) is 0.417. The van der Waals surface area contributed by atoms with Gasteiger partial charge in [-0.25, -0.2) is 8.42 Å². The zero-order chi connectivity index (χ0) is 13.8. The molecule has 0 saturated heterocycles. The van der Waals surface area contributed by atoms with E-state index < -0.39 is 9.84 Å². The van der Waals surface area contributed by atoms with E-state index in [0.29, 0.717) is 0 Å². The monoisotopic (exact) mass is 397 g/mol. The summed E-state index contributed by atoms with van der Waals surface area (Å²) in [4.78, 5) is 3.96. The molecule has 0 aromatic heterocycles. The quantitative estimate of drug-likeness (QED) is 0.460. The van der Waals surface area contributed by atoms with Gasteiger partial charge < -0.3 is 11.1 Å². The van der Waals surface area contributed by atoms with Crippen LogP contribution in [0.5, 0.6) is 0 Å². The van der Waals surface area contributed by atoms with Crippen molar-refractivity contribution < 1.29 is 8.42 Å². The Morgan fingerprint density at radius 3 is 2.47 bits per heavy atom. The molecule has 0 aliphatic carbocycles. The Morgan fingerprint density at radius 2 is 1.95 bits per heavy atom. The Kier molecular flexibility index (Phi) is 7.35. The molecule has 0 aliphatic rings. The van der Waals surface area contributed by atoms with Crippen molar-refractivity contribution in [1.29, 1.82) is 0 Å². The van der Waals surface area contributed by atoms with E-state index >= 15 is 0 Å². The minimum Gasteiger partial charge on any atom is -0.370 e. The van der Waals surface area contributed by atoms with Crippen LogP contribution in [0.1, 0.15) is 11.1 Å². The summed E-state index contributed by atoms with van der Waals surface area (Å²) in [5, 5.41) is 2.93. The third-order valence-corrected chi connectivity index (χ3v) is 3.45. The van der Waals surface area contributed by atoms with Crippen LogP contribution < -0.4 is 11.1 Å². The van der Waals surface area contributed by atoms with Gasteiger partial charge in [0, 0.05) is 11.9 Å². The number of rotatable bonds is 4. The van der Waals surface area contributed by atoms with Crippen LogP contribution in [0.4, 0.5) is 5.69 Å². The van der Waals surface area contributed by atoms with E-state index in [4.69, 9.17) is 5.73 Å². The third-order valence-electron chi connectivity index (χ3n) is 2.52. The molecule has 0 bridgehead atoms. The van der Waals surface area contributed by atoms with Gasteiger partial charge in [0.15, 0.2) is 5.96 Å². The highest BCUT2D eigenvalue weighted by molar-refractivity contribution is 14.0. The van der Waals surface area contributed by atoms with Gasteiger partial charge in [-0.05, 0) is 37.1 Å². The molecule has 0 saturated carbocycles. The smallest absolute Gasteiger partial charge is 0.193 e. The molecule has 1 aromatic carbocycles. The molecule has 7 heteroatoms. The summed E-state index contributed by atoms with van der Waals surface area (Å²) in [6, 6.07) is 5.86. The van der Waals surface area contributed by atoms with Gasteiger partial charge in [-0.1, -0.05) is 6.07 Å². The molecule has 1 rings (SSSR count). The van der Waals surface area contributed by atoms with E-state index in [-0.39, 0.29) is 42.2 Å². The molecule has 0 fully saturated rings. The number of halogens is 1. The summed E-state index contributed by atoms with van der Waals surface area (Å²) in [6.07, 6.45) is 1.18. The van der Waals surface area contributed by atoms with Gasteiger partial charge in [0.2, 0.25) is 0 Å². The second kappa shape index (κ2) is 7.68. The number of aryl methyl sites for hydroxylation is 2. The second-order valence-corrected chi connectivity index (χ2v) is 6.58. The minimum atomic E-state index is -3.00. The van der Waals surface area contributed by atoms with Crippen molar-refractivity contribution >= 4 is 45.5 Å². The van der Waals surface area contributed by atoms with Gasteiger partial charge in [0.1, 0.15) is 9.84 Å². The number of guanidine groups is 1. The summed E-state index contributed by atoms with van der Waals surface area (Å²) in [7, 11) is -3.00. The Bertz CT molecular complexity index is 556. The van der Waals surface area contributed by atoms with Gasteiger partial charge in [0.25, 0.3) is 0 Å². The van der Waals surface area contributed by atoms with Crippen molar-refractivity contribution in [3.63, 3.8) is 0 Å². The Balaban J connectivity index is 0.00000324. The first-order valence-corrected chi connectivity index (χ1v) is 7.66. The zero-order valence-electron chi connectivity index (χ0n) is 11.3. The van der Waals surface area contributed by atoms with Crippen molar-refractivity contribution in [2.24, 2.45) is 10.7 Å². The highest BCUT2D eigenvalue weighted by Crippen LogP contribution is 2.13. The van der Waals surface area contributed by atoms with Crippen LogP contribution in [0, 0.1) is 13.8 Å². The van der Waals surface area contributed by atoms with Crippen LogP contribution in [-0.4, -0.2) is 32.9 Å². The second-order valence-electron chi connectivity index (χ2n) is 4.32. The van der Waals surface area contributed by atoms with Crippen molar-refractivity contribution in [2.75, 3.05) is 23.9 Å².